The van der Waals surface area contributed by atoms with Crippen LogP contribution in [0.3, 0.4) is 0 Å². The van der Waals surface area contributed by atoms with Crippen LogP contribution in [0.15, 0.2) is 24.3 Å². The Morgan fingerprint density at radius 1 is 1.10 bits per heavy atom. The summed E-state index contributed by atoms with van der Waals surface area (Å²) >= 11 is 0. The standard InChI is InChI=1S/C18H24N2/c19-12-2-4-15-8-10-16(11-9-15)14-20-13-3-6-17-5-1-7-18(17)20/h8-11,17-18H,1,3,5-7,12-14,19H2. The van der Waals surface area contributed by atoms with Crippen LogP contribution in [-0.4, -0.2) is 24.0 Å². The summed E-state index contributed by atoms with van der Waals surface area (Å²) in [6, 6.07) is 9.53. The molecule has 2 unspecified atom stereocenters. The summed E-state index contributed by atoms with van der Waals surface area (Å²) in [5.41, 5.74) is 7.88. The molecule has 20 heavy (non-hydrogen) atoms. The molecule has 2 nitrogen and oxygen atoms in total. The van der Waals surface area contributed by atoms with Crippen LogP contribution in [0.4, 0.5) is 0 Å². The SMILES string of the molecule is NCC#Cc1ccc(CN2CCCC3CCCC32)cc1. The first-order valence-electron chi connectivity index (χ1n) is 7.89. The minimum Gasteiger partial charge on any atom is -0.320 e. The van der Waals surface area contributed by atoms with Crippen molar-refractivity contribution in [1.29, 1.82) is 0 Å². The van der Waals surface area contributed by atoms with E-state index >= 15 is 0 Å². The lowest BCUT2D eigenvalue weighted by atomic mass is 9.91. The molecule has 1 heterocycles. The van der Waals surface area contributed by atoms with Gasteiger partial charge in [-0.1, -0.05) is 30.4 Å². The Morgan fingerprint density at radius 3 is 2.70 bits per heavy atom. The van der Waals surface area contributed by atoms with Crippen molar-refractivity contribution >= 4 is 0 Å². The Balaban J connectivity index is 1.65. The molecule has 1 aromatic rings. The Labute approximate surface area is 122 Å². The number of nitrogens with zero attached hydrogens (tertiary/aromatic N) is 1. The van der Waals surface area contributed by atoms with Crippen molar-refractivity contribution in [2.45, 2.75) is 44.7 Å². The molecule has 1 aliphatic carbocycles. The van der Waals surface area contributed by atoms with Gasteiger partial charge in [0.1, 0.15) is 0 Å². The first kappa shape index (κ1) is 13.7. The van der Waals surface area contributed by atoms with Gasteiger partial charge in [0, 0.05) is 18.2 Å². The highest BCUT2D eigenvalue weighted by molar-refractivity contribution is 5.36. The summed E-state index contributed by atoms with van der Waals surface area (Å²) in [7, 11) is 0. The third kappa shape index (κ3) is 3.06. The summed E-state index contributed by atoms with van der Waals surface area (Å²) in [6.45, 7) is 2.81. The monoisotopic (exact) mass is 268 g/mol. The molecule has 1 saturated carbocycles. The van der Waals surface area contributed by atoms with Gasteiger partial charge in [0.05, 0.1) is 6.54 Å². The summed E-state index contributed by atoms with van der Waals surface area (Å²) in [5, 5.41) is 0. The maximum Gasteiger partial charge on any atom is 0.0555 e. The zero-order valence-electron chi connectivity index (χ0n) is 12.1. The van der Waals surface area contributed by atoms with E-state index in [1.807, 2.05) is 0 Å². The Bertz CT molecular complexity index is 494. The van der Waals surface area contributed by atoms with E-state index in [2.05, 4.69) is 41.0 Å². The molecule has 2 aliphatic rings. The van der Waals surface area contributed by atoms with Crippen LogP contribution >= 0.6 is 0 Å². The highest BCUT2D eigenvalue weighted by Gasteiger charge is 2.34. The van der Waals surface area contributed by atoms with Crippen LogP contribution in [0.25, 0.3) is 0 Å². The maximum absolute atomic E-state index is 5.40. The first-order valence-corrected chi connectivity index (χ1v) is 7.89. The van der Waals surface area contributed by atoms with Crippen molar-refractivity contribution in [1.82, 2.24) is 4.90 Å². The molecule has 0 radical (unpaired) electrons. The second-order valence-electron chi connectivity index (χ2n) is 6.07. The number of rotatable bonds is 2. The van der Waals surface area contributed by atoms with Gasteiger partial charge in [-0.15, -0.1) is 0 Å². The van der Waals surface area contributed by atoms with Crippen molar-refractivity contribution in [2.75, 3.05) is 13.1 Å². The molecule has 2 atom stereocenters. The van der Waals surface area contributed by atoms with Crippen LogP contribution in [0.2, 0.25) is 0 Å². The highest BCUT2D eigenvalue weighted by Crippen LogP contribution is 2.37. The van der Waals surface area contributed by atoms with E-state index in [-0.39, 0.29) is 0 Å². The molecular formula is C18H24N2. The Morgan fingerprint density at radius 2 is 1.90 bits per heavy atom. The Kier molecular flexibility index (Phi) is 4.40. The fourth-order valence-electron chi connectivity index (χ4n) is 3.83. The van der Waals surface area contributed by atoms with Crippen molar-refractivity contribution in [3.8, 4) is 11.8 Å². The van der Waals surface area contributed by atoms with Gasteiger partial charge in [-0.3, -0.25) is 4.90 Å². The van der Waals surface area contributed by atoms with Gasteiger partial charge in [-0.2, -0.15) is 0 Å². The van der Waals surface area contributed by atoms with Gasteiger partial charge in [-0.05, 0) is 55.8 Å². The fraction of sp³-hybridized carbons (Fsp3) is 0.556. The van der Waals surface area contributed by atoms with Crippen LogP contribution in [0, 0.1) is 17.8 Å². The van der Waals surface area contributed by atoms with Crippen LogP contribution in [0.5, 0.6) is 0 Å². The summed E-state index contributed by atoms with van der Waals surface area (Å²) in [6.07, 6.45) is 7.12. The van der Waals surface area contributed by atoms with Gasteiger partial charge in [-0.25, -0.2) is 0 Å². The molecule has 0 amide bonds. The molecule has 3 rings (SSSR count). The normalized spacial score (nSPS) is 25.9. The molecule has 2 N–H and O–H groups in total. The molecule has 106 valence electrons. The number of likely N-dealkylation sites (tertiary alicyclic amines) is 1. The van der Waals surface area contributed by atoms with E-state index in [0.29, 0.717) is 6.54 Å². The Hall–Kier alpha value is -1.30. The number of hydrogen-bond acceptors (Lipinski definition) is 2. The van der Waals surface area contributed by atoms with Gasteiger partial charge in [0.15, 0.2) is 0 Å². The average Bonchev–Trinajstić information content (AvgIpc) is 2.96. The summed E-state index contributed by atoms with van der Waals surface area (Å²) in [4.78, 5) is 2.71. The van der Waals surface area contributed by atoms with E-state index in [1.54, 1.807) is 0 Å². The summed E-state index contributed by atoms with van der Waals surface area (Å²) < 4.78 is 0. The molecule has 0 spiro atoms. The minimum absolute atomic E-state index is 0.429. The molecule has 1 aliphatic heterocycles. The molecule has 0 bridgehead atoms. The van der Waals surface area contributed by atoms with E-state index in [1.165, 1.54) is 44.2 Å². The van der Waals surface area contributed by atoms with Crippen LogP contribution in [-0.2, 0) is 6.54 Å². The minimum atomic E-state index is 0.429. The molecule has 1 saturated heterocycles. The molecular weight excluding hydrogens is 244 g/mol. The number of hydrogen-bond donors (Lipinski definition) is 1. The topological polar surface area (TPSA) is 29.3 Å². The van der Waals surface area contributed by atoms with E-state index < -0.39 is 0 Å². The molecule has 2 heteroatoms. The van der Waals surface area contributed by atoms with Crippen LogP contribution in [0.1, 0.15) is 43.2 Å². The van der Waals surface area contributed by atoms with E-state index in [4.69, 9.17) is 5.73 Å². The smallest absolute Gasteiger partial charge is 0.0555 e. The van der Waals surface area contributed by atoms with Crippen LogP contribution < -0.4 is 5.73 Å². The molecule has 1 aromatic carbocycles. The predicted octanol–water partition coefficient (Wildman–Crippen LogP) is 2.76. The zero-order chi connectivity index (χ0) is 13.8. The second-order valence-corrected chi connectivity index (χ2v) is 6.07. The molecule has 2 fully saturated rings. The lowest BCUT2D eigenvalue weighted by molar-refractivity contribution is 0.106. The largest absolute Gasteiger partial charge is 0.320 e. The number of benzene rings is 1. The molecule has 0 aromatic heterocycles. The van der Waals surface area contributed by atoms with Crippen molar-refractivity contribution in [2.24, 2.45) is 11.7 Å². The highest BCUT2D eigenvalue weighted by atomic mass is 15.2. The quantitative estimate of drug-likeness (QED) is 0.836. The van der Waals surface area contributed by atoms with Gasteiger partial charge in [0.2, 0.25) is 0 Å². The van der Waals surface area contributed by atoms with Crippen molar-refractivity contribution < 1.29 is 0 Å². The number of fused-ring (bicyclic) bond motifs is 1. The summed E-state index contributed by atoms with van der Waals surface area (Å²) in [5.74, 6) is 6.96. The third-order valence-electron chi connectivity index (χ3n) is 4.78. The first-order chi connectivity index (χ1) is 9.86. The van der Waals surface area contributed by atoms with E-state index in [0.717, 1.165) is 24.1 Å². The van der Waals surface area contributed by atoms with E-state index in [9.17, 15) is 0 Å². The fourth-order valence-corrected chi connectivity index (χ4v) is 3.83. The van der Waals surface area contributed by atoms with Gasteiger partial charge >= 0.3 is 0 Å². The number of nitrogens with two attached hydrogens (primary N) is 1. The lowest BCUT2D eigenvalue weighted by Gasteiger charge is -2.37. The number of piperidine rings is 1. The lowest BCUT2D eigenvalue weighted by Crippen LogP contribution is -2.41. The maximum atomic E-state index is 5.40. The third-order valence-corrected chi connectivity index (χ3v) is 4.78. The van der Waals surface area contributed by atoms with Crippen molar-refractivity contribution in [3.63, 3.8) is 0 Å². The average molecular weight is 268 g/mol. The van der Waals surface area contributed by atoms with Crippen molar-refractivity contribution in [3.05, 3.63) is 35.4 Å². The van der Waals surface area contributed by atoms with Gasteiger partial charge < -0.3 is 5.73 Å². The predicted molar refractivity (Wildman–Crippen MR) is 83.1 cm³/mol. The van der Waals surface area contributed by atoms with Gasteiger partial charge in [0.25, 0.3) is 0 Å². The second kappa shape index (κ2) is 6.43. The zero-order valence-corrected chi connectivity index (χ0v) is 12.1.